The fourth-order valence-electron chi connectivity index (χ4n) is 4.94. The van der Waals surface area contributed by atoms with Gasteiger partial charge < -0.3 is 14.0 Å². The maximum atomic E-state index is 13.6. The minimum atomic E-state index is -0.660. The Balaban J connectivity index is 1.82. The largest absolute Gasteiger partial charge is 0.462 e. The molecule has 1 fully saturated rings. The molecule has 4 heterocycles. The Morgan fingerprint density at radius 2 is 1.95 bits per heavy atom. The third-order valence-corrected chi connectivity index (χ3v) is 6.82. The predicted molar refractivity (Wildman–Crippen MR) is 142 cm³/mol. The number of ether oxygens (including phenoxy) is 2. The average molecular weight is 515 g/mol. The average Bonchev–Trinajstić information content (AvgIpc) is 3.45. The number of esters is 1. The van der Waals surface area contributed by atoms with Crippen LogP contribution in [0.4, 0.5) is 0 Å². The summed E-state index contributed by atoms with van der Waals surface area (Å²) in [6.45, 7) is 4.66. The standard InChI is InChI=1S/C29H30N4O5/c1-3-21(19-11-6-5-7-12-19)27(34)31-26-23(29(36)37-4-2)17-22-25(33(26)18-20-13-10-16-38-20)30-24-14-8-9-15-32(24)28(22)35/h5-9,11-12,14-15,17,20-21H,3-4,10,13,16,18H2,1-2H3/t20-,21-/m0/s1. The molecule has 4 aromatic rings. The molecule has 0 N–H and O–H groups in total. The van der Waals surface area contributed by atoms with E-state index in [-0.39, 0.29) is 47.2 Å². The number of rotatable bonds is 7. The van der Waals surface area contributed by atoms with Crippen LogP contribution >= 0.6 is 0 Å². The van der Waals surface area contributed by atoms with Crippen molar-refractivity contribution in [2.24, 2.45) is 4.99 Å². The second-order valence-electron chi connectivity index (χ2n) is 9.25. The van der Waals surface area contributed by atoms with Crippen LogP contribution in [0.15, 0.2) is 70.6 Å². The van der Waals surface area contributed by atoms with Crippen LogP contribution in [0.25, 0.3) is 16.7 Å². The summed E-state index contributed by atoms with van der Waals surface area (Å²) in [5, 5.41) is 0.233. The molecule has 0 unspecified atom stereocenters. The highest BCUT2D eigenvalue weighted by Crippen LogP contribution is 2.21. The van der Waals surface area contributed by atoms with Crippen LogP contribution in [-0.2, 0) is 20.8 Å². The molecule has 9 heteroatoms. The molecule has 0 saturated carbocycles. The van der Waals surface area contributed by atoms with Crippen molar-refractivity contribution in [1.82, 2.24) is 14.0 Å². The van der Waals surface area contributed by atoms with Crippen molar-refractivity contribution in [3.63, 3.8) is 0 Å². The van der Waals surface area contributed by atoms with E-state index in [1.54, 1.807) is 35.9 Å². The van der Waals surface area contributed by atoms with E-state index in [1.165, 1.54) is 10.5 Å². The number of carbonyl (C=O) groups excluding carboxylic acids is 2. The summed E-state index contributed by atoms with van der Waals surface area (Å²) < 4.78 is 14.3. The van der Waals surface area contributed by atoms with Crippen molar-refractivity contribution in [3.05, 3.63) is 87.8 Å². The lowest BCUT2D eigenvalue weighted by atomic mass is 9.96. The topological polar surface area (TPSA) is 104 Å². The van der Waals surface area contributed by atoms with Gasteiger partial charge in [0.15, 0.2) is 5.49 Å². The molecule has 2 atom stereocenters. The number of aromatic nitrogens is 3. The van der Waals surface area contributed by atoms with Gasteiger partial charge in [0.2, 0.25) is 0 Å². The normalized spacial score (nSPS) is 16.7. The Labute approximate surface area is 219 Å². The van der Waals surface area contributed by atoms with Gasteiger partial charge in [0, 0.05) is 12.8 Å². The Morgan fingerprint density at radius 1 is 1.16 bits per heavy atom. The van der Waals surface area contributed by atoms with Gasteiger partial charge in [-0.15, -0.1) is 0 Å². The van der Waals surface area contributed by atoms with E-state index in [0.717, 1.165) is 18.4 Å². The summed E-state index contributed by atoms with van der Waals surface area (Å²) >= 11 is 0. The van der Waals surface area contributed by atoms with Crippen LogP contribution in [0.2, 0.25) is 0 Å². The summed E-state index contributed by atoms with van der Waals surface area (Å²) in [5.74, 6) is -1.54. The SMILES string of the molecule is CCOC(=O)c1cc2c(=O)n3ccccc3nc2n(C[C@@H]2CCCO2)c1=NC(=O)[C@@H](CC)c1ccccc1. The lowest BCUT2D eigenvalue weighted by molar-refractivity contribution is -0.119. The minimum Gasteiger partial charge on any atom is -0.462 e. The Bertz CT molecular complexity index is 1620. The van der Waals surface area contributed by atoms with Crippen molar-refractivity contribution in [2.45, 2.75) is 51.7 Å². The van der Waals surface area contributed by atoms with E-state index in [1.807, 2.05) is 37.3 Å². The van der Waals surface area contributed by atoms with Gasteiger partial charge in [-0.05, 0) is 49.9 Å². The van der Waals surface area contributed by atoms with E-state index >= 15 is 0 Å². The second-order valence-corrected chi connectivity index (χ2v) is 9.25. The van der Waals surface area contributed by atoms with Crippen LogP contribution < -0.4 is 11.0 Å². The zero-order valence-corrected chi connectivity index (χ0v) is 21.5. The highest BCUT2D eigenvalue weighted by Gasteiger charge is 2.25. The van der Waals surface area contributed by atoms with E-state index < -0.39 is 11.9 Å². The van der Waals surface area contributed by atoms with Crippen molar-refractivity contribution in [1.29, 1.82) is 0 Å². The molecule has 5 rings (SSSR count). The fourth-order valence-corrected chi connectivity index (χ4v) is 4.94. The molecule has 1 amide bonds. The lowest BCUT2D eigenvalue weighted by Crippen LogP contribution is -2.35. The summed E-state index contributed by atoms with van der Waals surface area (Å²) in [4.78, 5) is 49.6. The van der Waals surface area contributed by atoms with Gasteiger partial charge in [0.1, 0.15) is 16.9 Å². The van der Waals surface area contributed by atoms with Gasteiger partial charge in [-0.1, -0.05) is 43.3 Å². The first-order valence-corrected chi connectivity index (χ1v) is 13.0. The van der Waals surface area contributed by atoms with Gasteiger partial charge in [-0.3, -0.25) is 14.0 Å². The molecule has 38 heavy (non-hydrogen) atoms. The highest BCUT2D eigenvalue weighted by molar-refractivity contribution is 5.94. The van der Waals surface area contributed by atoms with Gasteiger partial charge in [-0.25, -0.2) is 9.78 Å². The lowest BCUT2D eigenvalue weighted by Gasteiger charge is -2.18. The first-order valence-electron chi connectivity index (χ1n) is 13.0. The van der Waals surface area contributed by atoms with Crippen LogP contribution in [-0.4, -0.2) is 45.1 Å². The Kier molecular flexibility index (Phi) is 7.46. The second kappa shape index (κ2) is 11.1. The quantitative estimate of drug-likeness (QED) is 0.276. The molecular formula is C29H30N4O5. The van der Waals surface area contributed by atoms with E-state index in [2.05, 4.69) is 4.99 Å². The number of nitrogens with zero attached hydrogens (tertiary/aromatic N) is 4. The van der Waals surface area contributed by atoms with Gasteiger partial charge >= 0.3 is 5.97 Å². The van der Waals surface area contributed by atoms with Gasteiger partial charge in [-0.2, -0.15) is 4.99 Å². The van der Waals surface area contributed by atoms with Crippen LogP contribution in [0.1, 0.15) is 54.9 Å². The molecule has 1 aromatic carbocycles. The molecule has 0 spiro atoms. The molecule has 1 aliphatic rings. The van der Waals surface area contributed by atoms with Gasteiger partial charge in [0.05, 0.1) is 30.6 Å². The molecular weight excluding hydrogens is 484 g/mol. The summed E-state index contributed by atoms with van der Waals surface area (Å²) in [5.41, 5.74) is 1.47. The predicted octanol–water partition coefficient (Wildman–Crippen LogP) is 3.63. The molecule has 0 radical (unpaired) electrons. The Morgan fingerprint density at radius 3 is 2.66 bits per heavy atom. The van der Waals surface area contributed by atoms with E-state index in [4.69, 9.17) is 14.5 Å². The Hall–Kier alpha value is -4.11. The number of carbonyl (C=O) groups is 2. The maximum Gasteiger partial charge on any atom is 0.341 e. The van der Waals surface area contributed by atoms with Crippen molar-refractivity contribution in [3.8, 4) is 0 Å². The monoisotopic (exact) mass is 514 g/mol. The smallest absolute Gasteiger partial charge is 0.341 e. The summed E-state index contributed by atoms with van der Waals surface area (Å²) in [7, 11) is 0. The van der Waals surface area contributed by atoms with Gasteiger partial charge in [0.25, 0.3) is 11.5 Å². The summed E-state index contributed by atoms with van der Waals surface area (Å²) in [6.07, 6.45) is 3.70. The molecule has 1 aliphatic heterocycles. The third-order valence-electron chi connectivity index (χ3n) is 6.82. The van der Waals surface area contributed by atoms with E-state index in [0.29, 0.717) is 24.3 Å². The number of hydrogen-bond donors (Lipinski definition) is 0. The maximum absolute atomic E-state index is 13.6. The number of benzene rings is 1. The molecule has 3 aromatic heterocycles. The number of pyridine rings is 2. The minimum absolute atomic E-state index is 0.0448. The molecule has 0 aliphatic carbocycles. The van der Waals surface area contributed by atoms with Crippen LogP contribution in [0.3, 0.4) is 0 Å². The molecule has 1 saturated heterocycles. The molecule has 196 valence electrons. The zero-order chi connectivity index (χ0) is 26.6. The number of fused-ring (bicyclic) bond motifs is 2. The third kappa shape index (κ3) is 4.89. The zero-order valence-electron chi connectivity index (χ0n) is 21.5. The highest BCUT2D eigenvalue weighted by atomic mass is 16.5. The number of hydrogen-bond acceptors (Lipinski definition) is 6. The van der Waals surface area contributed by atoms with Crippen LogP contribution in [0.5, 0.6) is 0 Å². The number of amides is 1. The van der Waals surface area contributed by atoms with E-state index in [9.17, 15) is 14.4 Å². The fraction of sp³-hybridized carbons (Fsp3) is 0.345. The van der Waals surface area contributed by atoms with Crippen LogP contribution in [0, 0.1) is 0 Å². The molecule has 9 nitrogen and oxygen atoms in total. The van der Waals surface area contributed by atoms with Crippen molar-refractivity contribution in [2.75, 3.05) is 13.2 Å². The summed E-state index contributed by atoms with van der Waals surface area (Å²) in [6, 6.07) is 16.2. The van der Waals surface area contributed by atoms with Crippen molar-refractivity contribution < 1.29 is 19.1 Å². The first-order chi connectivity index (χ1) is 18.5. The van der Waals surface area contributed by atoms with Crippen molar-refractivity contribution >= 4 is 28.6 Å². The first kappa shape index (κ1) is 25.5. The molecule has 0 bridgehead atoms.